The molecule has 3 rings (SSSR count). The van der Waals surface area contributed by atoms with Crippen LogP contribution in [0, 0.1) is 61.5 Å². The predicted molar refractivity (Wildman–Crippen MR) is 102 cm³/mol. The fourth-order valence-electron chi connectivity index (χ4n) is 1.46. The van der Waals surface area contributed by atoms with E-state index in [0.717, 1.165) is 46.3 Å². The van der Waals surface area contributed by atoms with Crippen LogP contribution in [-0.2, 0) is 0 Å². The molecule has 0 N–H and O–H groups in total. The van der Waals surface area contributed by atoms with Crippen LogP contribution in [0.15, 0.2) is 19.6 Å². The molecular weight excluding hydrogens is 344 g/mol. The van der Waals surface area contributed by atoms with Gasteiger partial charge in [-0.15, -0.1) is 5.16 Å². The molecular formula is C20H31Li2N3O3. The van der Waals surface area contributed by atoms with E-state index >= 15 is 0 Å². The van der Waals surface area contributed by atoms with Gasteiger partial charge in [-0.3, -0.25) is 0 Å². The molecule has 0 radical (unpaired) electrons. The minimum atomic E-state index is 0. The molecule has 0 saturated heterocycles. The monoisotopic (exact) mass is 375 g/mol. The minimum Gasteiger partial charge on any atom is -0.403 e. The molecule has 0 amide bonds. The Morgan fingerprint density at radius 1 is 0.893 bits per heavy atom. The Kier molecular flexibility index (Phi) is 20.1. The van der Waals surface area contributed by atoms with Crippen LogP contribution in [0.25, 0.3) is 0 Å². The van der Waals surface area contributed by atoms with Crippen LogP contribution >= 0.6 is 0 Å². The molecule has 3 heterocycles. The first-order valence-electron chi connectivity index (χ1n) is 8.62. The fourth-order valence-corrected chi connectivity index (χ4v) is 1.46. The van der Waals surface area contributed by atoms with Crippen LogP contribution in [0.5, 0.6) is 0 Å². The van der Waals surface area contributed by atoms with Crippen molar-refractivity contribution in [3.8, 4) is 0 Å². The molecule has 3 aromatic heterocycles. The Bertz CT molecular complexity index is 644. The number of aryl methyl sites for hydroxylation is 6. The van der Waals surface area contributed by atoms with Gasteiger partial charge in [0.15, 0.2) is 0 Å². The summed E-state index contributed by atoms with van der Waals surface area (Å²) in [6, 6.07) is 4.75. The van der Waals surface area contributed by atoms with E-state index in [1.807, 2.05) is 54.5 Å². The second kappa shape index (κ2) is 17.9. The van der Waals surface area contributed by atoms with E-state index in [9.17, 15) is 0 Å². The minimum absolute atomic E-state index is 0. The number of unbranched alkanes of at least 4 members (excludes halogenated alkanes) is 1. The van der Waals surface area contributed by atoms with E-state index in [1.54, 1.807) is 0 Å². The van der Waals surface area contributed by atoms with Gasteiger partial charge in [-0.1, -0.05) is 36.3 Å². The second-order valence-electron chi connectivity index (χ2n) is 5.83. The summed E-state index contributed by atoms with van der Waals surface area (Å²) in [7, 11) is 0. The van der Waals surface area contributed by atoms with Gasteiger partial charge in [0.25, 0.3) is 0 Å². The van der Waals surface area contributed by atoms with Gasteiger partial charge in [0.1, 0.15) is 11.5 Å². The summed E-state index contributed by atoms with van der Waals surface area (Å²) in [4.78, 5) is 0. The molecule has 0 fully saturated rings. The zero-order chi connectivity index (χ0) is 20.1. The number of rotatable bonds is 1. The van der Waals surface area contributed by atoms with Crippen molar-refractivity contribution in [2.45, 2.75) is 68.2 Å². The van der Waals surface area contributed by atoms with E-state index in [-0.39, 0.29) is 37.7 Å². The fraction of sp³-hybridized carbons (Fsp3) is 0.500. The van der Waals surface area contributed by atoms with Gasteiger partial charge in [0, 0.05) is 11.6 Å². The van der Waals surface area contributed by atoms with Gasteiger partial charge in [-0.05, 0) is 47.3 Å². The molecule has 6 nitrogen and oxygen atoms in total. The van der Waals surface area contributed by atoms with E-state index in [1.165, 1.54) is 6.42 Å². The standard InChI is InChI=1S/C6H9NO.C5H7NO.C5H6NO.C4H9.2Li/c1-4-5(2)7-8-6(4)3;2*1-4-3-5(2)7-6-4;1-3-4-2;;/h1-3H3;3H,1-2H3;1-2H3;1,3-4H2,2H3;;/q;;2*-1;2*+1. The number of nitrogens with zero attached hydrogens (tertiary/aromatic N) is 3. The smallest absolute Gasteiger partial charge is 0.403 e. The van der Waals surface area contributed by atoms with E-state index in [4.69, 9.17) is 9.05 Å². The van der Waals surface area contributed by atoms with Gasteiger partial charge >= 0.3 is 37.7 Å². The van der Waals surface area contributed by atoms with Crippen LogP contribution in [-0.4, -0.2) is 15.5 Å². The first kappa shape index (κ1) is 31.5. The average molecular weight is 375 g/mol. The van der Waals surface area contributed by atoms with E-state index in [2.05, 4.69) is 39.9 Å². The zero-order valence-corrected chi connectivity index (χ0v) is 19.3. The Morgan fingerprint density at radius 2 is 1.46 bits per heavy atom. The molecule has 0 saturated carbocycles. The largest absolute Gasteiger partial charge is 1.00 e. The van der Waals surface area contributed by atoms with Gasteiger partial charge in [-0.2, -0.15) is 6.42 Å². The molecule has 8 heteroatoms. The molecule has 3 aromatic rings. The van der Waals surface area contributed by atoms with Gasteiger partial charge in [0.2, 0.25) is 0 Å². The van der Waals surface area contributed by atoms with Crippen molar-refractivity contribution < 1.29 is 51.3 Å². The third kappa shape index (κ3) is 14.8. The summed E-state index contributed by atoms with van der Waals surface area (Å²) < 4.78 is 14.2. The molecule has 0 aliphatic rings. The summed E-state index contributed by atoms with van der Waals surface area (Å²) >= 11 is 0. The van der Waals surface area contributed by atoms with Crippen LogP contribution in [0.4, 0.5) is 0 Å². The maximum Gasteiger partial charge on any atom is 1.00 e. The Morgan fingerprint density at radius 3 is 1.57 bits per heavy atom. The van der Waals surface area contributed by atoms with Gasteiger partial charge < -0.3 is 26.6 Å². The summed E-state index contributed by atoms with van der Waals surface area (Å²) in [6.07, 6.45) is 2.28. The van der Waals surface area contributed by atoms with E-state index < -0.39 is 0 Å². The molecule has 28 heavy (non-hydrogen) atoms. The molecule has 0 aliphatic heterocycles. The summed E-state index contributed by atoms with van der Waals surface area (Å²) in [5.74, 6) is 2.54. The number of hydrogen-bond donors (Lipinski definition) is 0. The summed E-state index contributed by atoms with van der Waals surface area (Å²) in [5.41, 5.74) is 3.91. The van der Waals surface area contributed by atoms with Gasteiger partial charge in [-0.25, -0.2) is 0 Å². The van der Waals surface area contributed by atoms with Crippen molar-refractivity contribution in [1.82, 2.24) is 15.5 Å². The molecule has 0 bridgehead atoms. The van der Waals surface area contributed by atoms with Crippen molar-refractivity contribution in [1.29, 1.82) is 0 Å². The molecule has 0 aliphatic carbocycles. The topological polar surface area (TPSA) is 78.1 Å². The first-order chi connectivity index (χ1) is 12.2. The average Bonchev–Trinajstić information content (AvgIpc) is 3.26. The second-order valence-corrected chi connectivity index (χ2v) is 5.83. The number of hydrogen-bond acceptors (Lipinski definition) is 6. The molecule has 146 valence electrons. The third-order valence-corrected chi connectivity index (χ3v) is 3.17. The normalized spacial score (nSPS) is 8.61. The summed E-state index contributed by atoms with van der Waals surface area (Å²) in [6.45, 7) is 19.0. The number of aromatic nitrogens is 3. The van der Waals surface area contributed by atoms with Crippen molar-refractivity contribution in [2.75, 3.05) is 0 Å². The van der Waals surface area contributed by atoms with Crippen molar-refractivity contribution in [2.24, 2.45) is 0 Å². The molecule has 0 spiro atoms. The predicted octanol–water partition coefficient (Wildman–Crippen LogP) is -0.388. The molecule has 0 atom stereocenters. The van der Waals surface area contributed by atoms with Gasteiger partial charge in [0.05, 0.1) is 11.4 Å². The van der Waals surface area contributed by atoms with Crippen LogP contribution < -0.4 is 37.7 Å². The van der Waals surface area contributed by atoms with Crippen LogP contribution in [0.1, 0.15) is 59.7 Å². The zero-order valence-electron chi connectivity index (χ0n) is 19.3. The first-order valence-corrected chi connectivity index (χ1v) is 8.62. The Balaban J connectivity index is -0.000000298. The van der Waals surface area contributed by atoms with Crippen LogP contribution in [0.3, 0.4) is 0 Å². The molecule has 0 aromatic carbocycles. The third-order valence-electron chi connectivity index (χ3n) is 3.17. The SMILES string of the molecule is Cc1[c-]c(C)on1.Cc1cc(C)on1.Cc1noc(C)c1C.[CH2-]CCC.[Li+].[Li+]. The Hall–Kier alpha value is -1.18. The quantitative estimate of drug-likeness (QED) is 0.426. The Labute approximate surface area is 193 Å². The van der Waals surface area contributed by atoms with E-state index in [0.29, 0.717) is 0 Å². The maximum atomic E-state index is 4.84. The molecule has 0 unspecified atom stereocenters. The summed E-state index contributed by atoms with van der Waals surface area (Å²) in [5, 5.41) is 11.0. The van der Waals surface area contributed by atoms with Crippen molar-refractivity contribution in [3.63, 3.8) is 0 Å². The maximum absolute atomic E-state index is 4.84. The van der Waals surface area contributed by atoms with Crippen LogP contribution in [0.2, 0.25) is 0 Å². The van der Waals surface area contributed by atoms with Crippen molar-refractivity contribution in [3.05, 3.63) is 59.0 Å². The van der Waals surface area contributed by atoms with Crippen molar-refractivity contribution >= 4 is 0 Å².